The highest BCUT2D eigenvalue weighted by Gasteiger charge is 2.02. The van der Waals surface area contributed by atoms with Gasteiger partial charge in [0.2, 0.25) is 5.91 Å². The lowest BCUT2D eigenvalue weighted by Crippen LogP contribution is -2.13. The van der Waals surface area contributed by atoms with Gasteiger partial charge in [0.05, 0.1) is 6.33 Å². The molecule has 2 rings (SSSR count). The van der Waals surface area contributed by atoms with Crippen LogP contribution >= 0.6 is 0 Å². The number of hydrogen-bond acceptors (Lipinski definition) is 3. The van der Waals surface area contributed by atoms with E-state index in [2.05, 4.69) is 10.3 Å². The average molecular weight is 258 g/mol. The van der Waals surface area contributed by atoms with Gasteiger partial charge >= 0.3 is 0 Å². The number of nitrogens with two attached hydrogens (primary N) is 1. The smallest absolute Gasteiger partial charge is 0.224 e. The predicted molar refractivity (Wildman–Crippen MR) is 74.7 cm³/mol. The van der Waals surface area contributed by atoms with Crippen LogP contribution in [0.1, 0.15) is 18.4 Å². The summed E-state index contributed by atoms with van der Waals surface area (Å²) in [6, 6.07) is 7.82. The highest BCUT2D eigenvalue weighted by molar-refractivity contribution is 5.90. The van der Waals surface area contributed by atoms with Crippen LogP contribution in [0.4, 0.5) is 5.69 Å². The summed E-state index contributed by atoms with van der Waals surface area (Å²) in [4.78, 5) is 15.6. The van der Waals surface area contributed by atoms with E-state index in [1.54, 1.807) is 12.5 Å². The third kappa shape index (κ3) is 4.22. The van der Waals surface area contributed by atoms with Crippen LogP contribution in [0.2, 0.25) is 0 Å². The summed E-state index contributed by atoms with van der Waals surface area (Å²) < 4.78 is 1.98. The van der Waals surface area contributed by atoms with Gasteiger partial charge in [-0.05, 0) is 30.7 Å². The first kappa shape index (κ1) is 13.3. The summed E-state index contributed by atoms with van der Waals surface area (Å²) in [7, 11) is 0. The SMILES string of the molecule is NCCCC(=O)Nc1cccc(Cn2ccnc2)c1. The monoisotopic (exact) mass is 258 g/mol. The van der Waals surface area contributed by atoms with Crippen LogP contribution in [0.15, 0.2) is 43.0 Å². The van der Waals surface area contributed by atoms with E-state index in [9.17, 15) is 4.79 Å². The fourth-order valence-corrected chi connectivity index (χ4v) is 1.82. The maximum absolute atomic E-state index is 11.6. The van der Waals surface area contributed by atoms with Crippen molar-refractivity contribution >= 4 is 11.6 Å². The van der Waals surface area contributed by atoms with Crippen LogP contribution in [0.3, 0.4) is 0 Å². The van der Waals surface area contributed by atoms with Crippen molar-refractivity contribution in [2.75, 3.05) is 11.9 Å². The van der Waals surface area contributed by atoms with Crippen molar-refractivity contribution in [1.29, 1.82) is 0 Å². The standard InChI is InChI=1S/C14H18N4O/c15-6-2-5-14(19)17-13-4-1-3-12(9-13)10-18-8-7-16-11-18/h1,3-4,7-9,11H,2,5-6,10,15H2,(H,17,19). The molecule has 0 aliphatic carbocycles. The summed E-state index contributed by atoms with van der Waals surface area (Å²) in [5, 5.41) is 2.88. The van der Waals surface area contributed by atoms with Gasteiger partial charge in [-0.25, -0.2) is 4.98 Å². The van der Waals surface area contributed by atoms with Crippen molar-refractivity contribution in [2.24, 2.45) is 5.73 Å². The van der Waals surface area contributed by atoms with Crippen LogP contribution < -0.4 is 11.1 Å². The van der Waals surface area contributed by atoms with E-state index in [4.69, 9.17) is 5.73 Å². The second kappa shape index (κ2) is 6.70. The summed E-state index contributed by atoms with van der Waals surface area (Å²) in [6.07, 6.45) is 6.60. The number of nitrogens with one attached hydrogen (secondary N) is 1. The largest absolute Gasteiger partial charge is 0.333 e. The van der Waals surface area contributed by atoms with Gasteiger partial charge in [-0.2, -0.15) is 0 Å². The topological polar surface area (TPSA) is 72.9 Å². The van der Waals surface area contributed by atoms with Gasteiger partial charge in [0.1, 0.15) is 0 Å². The molecule has 0 radical (unpaired) electrons. The van der Waals surface area contributed by atoms with E-state index >= 15 is 0 Å². The number of rotatable bonds is 6. The molecule has 0 saturated heterocycles. The van der Waals surface area contributed by atoms with Crippen LogP contribution in [-0.2, 0) is 11.3 Å². The number of carbonyl (C=O) groups excluding carboxylic acids is 1. The van der Waals surface area contributed by atoms with E-state index in [1.807, 2.05) is 35.0 Å². The van der Waals surface area contributed by atoms with Crippen LogP contribution in [0.5, 0.6) is 0 Å². The Hall–Kier alpha value is -2.14. The number of anilines is 1. The van der Waals surface area contributed by atoms with Gasteiger partial charge in [-0.3, -0.25) is 4.79 Å². The Morgan fingerprint density at radius 1 is 1.42 bits per heavy atom. The number of carbonyl (C=O) groups is 1. The normalized spacial score (nSPS) is 10.4. The Balaban J connectivity index is 1.97. The molecule has 5 nitrogen and oxygen atoms in total. The van der Waals surface area contributed by atoms with E-state index in [0.29, 0.717) is 19.4 Å². The van der Waals surface area contributed by atoms with E-state index in [-0.39, 0.29) is 5.91 Å². The Bertz CT molecular complexity index is 522. The van der Waals surface area contributed by atoms with Gasteiger partial charge in [-0.15, -0.1) is 0 Å². The summed E-state index contributed by atoms with van der Waals surface area (Å²) >= 11 is 0. The lowest BCUT2D eigenvalue weighted by atomic mass is 10.2. The molecule has 0 spiro atoms. The molecule has 0 unspecified atom stereocenters. The molecule has 2 aromatic rings. The fraction of sp³-hybridized carbons (Fsp3) is 0.286. The van der Waals surface area contributed by atoms with Crippen molar-refractivity contribution in [1.82, 2.24) is 9.55 Å². The minimum atomic E-state index is 0.00484. The molecule has 5 heteroatoms. The molecule has 0 aliphatic heterocycles. The molecule has 1 amide bonds. The number of imidazole rings is 1. The zero-order chi connectivity index (χ0) is 13.5. The van der Waals surface area contributed by atoms with Crippen molar-refractivity contribution in [2.45, 2.75) is 19.4 Å². The minimum absolute atomic E-state index is 0.00484. The van der Waals surface area contributed by atoms with Crippen LogP contribution in [0, 0.1) is 0 Å². The Labute approximate surface area is 112 Å². The molecule has 3 N–H and O–H groups in total. The van der Waals surface area contributed by atoms with Crippen molar-refractivity contribution in [3.8, 4) is 0 Å². The molecule has 1 heterocycles. The second-order valence-electron chi connectivity index (χ2n) is 4.38. The molecule has 0 aliphatic rings. The lowest BCUT2D eigenvalue weighted by Gasteiger charge is -2.07. The molecule has 100 valence electrons. The zero-order valence-electron chi connectivity index (χ0n) is 10.7. The highest BCUT2D eigenvalue weighted by Crippen LogP contribution is 2.12. The second-order valence-corrected chi connectivity index (χ2v) is 4.38. The fourth-order valence-electron chi connectivity index (χ4n) is 1.82. The molecule has 0 atom stereocenters. The molecular weight excluding hydrogens is 240 g/mol. The summed E-state index contributed by atoms with van der Waals surface area (Å²) in [5.41, 5.74) is 7.32. The molecule has 0 saturated carbocycles. The Morgan fingerprint density at radius 3 is 3.05 bits per heavy atom. The van der Waals surface area contributed by atoms with E-state index in [1.165, 1.54) is 0 Å². The van der Waals surface area contributed by atoms with Crippen LogP contribution in [0.25, 0.3) is 0 Å². The highest BCUT2D eigenvalue weighted by atomic mass is 16.1. The van der Waals surface area contributed by atoms with Gasteiger partial charge in [-0.1, -0.05) is 12.1 Å². The maximum atomic E-state index is 11.6. The van der Waals surface area contributed by atoms with Gasteiger partial charge in [0.15, 0.2) is 0 Å². The Kier molecular flexibility index (Phi) is 4.69. The molecule has 19 heavy (non-hydrogen) atoms. The Morgan fingerprint density at radius 2 is 2.32 bits per heavy atom. The number of amides is 1. The predicted octanol–water partition coefficient (Wildman–Crippen LogP) is 1.61. The van der Waals surface area contributed by atoms with Crippen molar-refractivity contribution < 1.29 is 4.79 Å². The molecule has 0 fully saturated rings. The number of hydrogen-bond donors (Lipinski definition) is 2. The molecular formula is C14H18N4O. The van der Waals surface area contributed by atoms with Gasteiger partial charge in [0, 0.05) is 31.0 Å². The third-order valence-electron chi connectivity index (χ3n) is 2.74. The first-order chi connectivity index (χ1) is 9.28. The zero-order valence-corrected chi connectivity index (χ0v) is 10.7. The third-order valence-corrected chi connectivity index (χ3v) is 2.74. The van der Waals surface area contributed by atoms with Crippen molar-refractivity contribution in [3.05, 3.63) is 48.5 Å². The van der Waals surface area contributed by atoms with Crippen LogP contribution in [-0.4, -0.2) is 22.0 Å². The minimum Gasteiger partial charge on any atom is -0.333 e. The number of benzene rings is 1. The van der Waals surface area contributed by atoms with E-state index < -0.39 is 0 Å². The molecule has 1 aromatic carbocycles. The first-order valence-corrected chi connectivity index (χ1v) is 6.32. The molecule has 0 bridgehead atoms. The first-order valence-electron chi connectivity index (χ1n) is 6.32. The van der Waals surface area contributed by atoms with E-state index in [0.717, 1.165) is 17.8 Å². The summed E-state index contributed by atoms with van der Waals surface area (Å²) in [6.45, 7) is 1.28. The van der Waals surface area contributed by atoms with Gasteiger partial charge in [0.25, 0.3) is 0 Å². The number of aromatic nitrogens is 2. The lowest BCUT2D eigenvalue weighted by molar-refractivity contribution is -0.116. The van der Waals surface area contributed by atoms with Gasteiger partial charge < -0.3 is 15.6 Å². The van der Waals surface area contributed by atoms with Crippen molar-refractivity contribution in [3.63, 3.8) is 0 Å². The number of nitrogens with zero attached hydrogens (tertiary/aromatic N) is 2. The summed E-state index contributed by atoms with van der Waals surface area (Å²) in [5.74, 6) is 0.00484. The molecule has 1 aromatic heterocycles. The average Bonchev–Trinajstić information content (AvgIpc) is 2.89. The maximum Gasteiger partial charge on any atom is 0.224 e. The quantitative estimate of drug-likeness (QED) is 0.826.